The summed E-state index contributed by atoms with van der Waals surface area (Å²) < 4.78 is 23.2. The van der Waals surface area contributed by atoms with Gasteiger partial charge in [-0.1, -0.05) is 49.4 Å². The normalized spacial score (nSPS) is 14.7. The molecule has 3 aromatic rings. The summed E-state index contributed by atoms with van der Waals surface area (Å²) in [5.41, 5.74) is 2.88. The van der Waals surface area contributed by atoms with Gasteiger partial charge in [0.25, 0.3) is 0 Å². The number of hydrogen-bond acceptors (Lipinski definition) is 4. The van der Waals surface area contributed by atoms with Gasteiger partial charge in [-0.15, -0.1) is 0 Å². The molecule has 1 saturated heterocycles. The Balaban J connectivity index is 0.000000427. The van der Waals surface area contributed by atoms with E-state index in [1.165, 1.54) is 19.2 Å². The number of anilines is 1. The Hall–Kier alpha value is -3.67. The van der Waals surface area contributed by atoms with Gasteiger partial charge in [-0.25, -0.2) is 4.39 Å². The van der Waals surface area contributed by atoms with E-state index >= 15 is 0 Å². The van der Waals surface area contributed by atoms with Crippen LogP contribution in [0, 0.1) is 5.82 Å². The van der Waals surface area contributed by atoms with Crippen LogP contribution in [-0.4, -0.2) is 19.0 Å². The third-order valence-electron chi connectivity index (χ3n) is 5.08. The van der Waals surface area contributed by atoms with Crippen molar-refractivity contribution in [3.63, 3.8) is 0 Å². The Bertz CT molecular complexity index is 1010. The van der Waals surface area contributed by atoms with Crippen molar-refractivity contribution in [3.8, 4) is 5.75 Å². The highest BCUT2D eigenvalue weighted by molar-refractivity contribution is 6.01. The summed E-state index contributed by atoms with van der Waals surface area (Å²) in [5, 5.41) is 0. The summed E-state index contributed by atoms with van der Waals surface area (Å²) in [7, 11) is 1.38. The summed E-state index contributed by atoms with van der Waals surface area (Å²) in [6, 6.07) is 23.8. The van der Waals surface area contributed by atoms with E-state index in [1.807, 2.05) is 54.6 Å². The zero-order chi connectivity index (χ0) is 22.9. The molecule has 0 saturated carbocycles. The minimum atomic E-state index is -0.307. The van der Waals surface area contributed by atoms with E-state index in [4.69, 9.17) is 4.74 Å². The highest BCUT2D eigenvalue weighted by Gasteiger charge is 2.38. The van der Waals surface area contributed by atoms with Crippen LogP contribution in [-0.2, 0) is 20.9 Å². The highest BCUT2D eigenvalue weighted by atomic mass is 19.1. The molecule has 1 amide bonds. The molecule has 0 aromatic heterocycles. The Morgan fingerprint density at radius 3 is 2.19 bits per heavy atom. The van der Waals surface area contributed by atoms with Crippen molar-refractivity contribution in [1.82, 2.24) is 0 Å². The standard InChI is InChI=1S/C22H18FNO2.C4H8O2/c23-18-8-10-19(11-9-18)24-21(14-22(24)25)17-6-12-20(13-7-17)26-15-16-4-2-1-3-5-16;1-3-4(5)6-2/h1-13,21H,14-15H2;3H2,1-2H3. The average molecular weight is 435 g/mol. The molecule has 3 aromatic carbocycles. The molecular formula is C26H26FNO4. The van der Waals surface area contributed by atoms with Crippen molar-refractivity contribution in [2.45, 2.75) is 32.4 Å². The quantitative estimate of drug-likeness (QED) is 0.382. The summed E-state index contributed by atoms with van der Waals surface area (Å²) in [6.45, 7) is 2.27. The molecule has 4 rings (SSSR count). The van der Waals surface area contributed by atoms with Gasteiger partial charge in [0.1, 0.15) is 18.2 Å². The van der Waals surface area contributed by atoms with Crippen LogP contribution in [0.2, 0.25) is 0 Å². The first kappa shape index (κ1) is 23.0. The van der Waals surface area contributed by atoms with E-state index in [0.29, 0.717) is 19.4 Å². The van der Waals surface area contributed by atoms with Gasteiger partial charge < -0.3 is 14.4 Å². The molecule has 0 spiro atoms. The average Bonchev–Trinajstić information content (AvgIpc) is 2.83. The molecule has 32 heavy (non-hydrogen) atoms. The van der Waals surface area contributed by atoms with Crippen molar-refractivity contribution in [2.24, 2.45) is 0 Å². The van der Waals surface area contributed by atoms with Crippen LogP contribution in [0.4, 0.5) is 10.1 Å². The van der Waals surface area contributed by atoms with Gasteiger partial charge in [0.05, 0.1) is 19.6 Å². The number of hydrogen-bond donors (Lipinski definition) is 0. The number of amides is 1. The Morgan fingerprint density at radius 1 is 1.00 bits per heavy atom. The number of esters is 1. The Kier molecular flexibility index (Phi) is 7.97. The summed E-state index contributed by atoms with van der Waals surface area (Å²) >= 11 is 0. The van der Waals surface area contributed by atoms with Gasteiger partial charge in [0.2, 0.25) is 5.91 Å². The summed E-state index contributed by atoms with van der Waals surface area (Å²) in [6.07, 6.45) is 0.929. The van der Waals surface area contributed by atoms with E-state index in [0.717, 1.165) is 22.6 Å². The fourth-order valence-electron chi connectivity index (χ4n) is 3.28. The molecule has 1 heterocycles. The van der Waals surface area contributed by atoms with Crippen molar-refractivity contribution < 1.29 is 23.5 Å². The topological polar surface area (TPSA) is 55.8 Å². The predicted octanol–water partition coefficient (Wildman–Crippen LogP) is 5.45. The monoisotopic (exact) mass is 435 g/mol. The molecule has 0 radical (unpaired) electrons. The zero-order valence-electron chi connectivity index (χ0n) is 18.2. The molecule has 1 atom stereocenters. The second-order valence-corrected chi connectivity index (χ2v) is 7.23. The summed E-state index contributed by atoms with van der Waals surface area (Å²) in [4.78, 5) is 23.7. The van der Waals surface area contributed by atoms with Gasteiger partial charge in [0, 0.05) is 12.1 Å². The maximum absolute atomic E-state index is 13.1. The first-order valence-electron chi connectivity index (χ1n) is 10.4. The maximum Gasteiger partial charge on any atom is 0.305 e. The van der Waals surface area contributed by atoms with Crippen molar-refractivity contribution in [2.75, 3.05) is 12.0 Å². The van der Waals surface area contributed by atoms with Gasteiger partial charge in [0.15, 0.2) is 0 Å². The molecule has 166 valence electrons. The Morgan fingerprint density at radius 2 is 1.66 bits per heavy atom. The predicted molar refractivity (Wildman–Crippen MR) is 121 cm³/mol. The Labute approximate surface area is 187 Å². The second kappa shape index (κ2) is 11.1. The molecule has 0 N–H and O–H groups in total. The zero-order valence-corrected chi connectivity index (χ0v) is 18.2. The molecule has 1 unspecified atom stereocenters. The van der Waals surface area contributed by atoms with Crippen molar-refractivity contribution in [1.29, 1.82) is 0 Å². The fraction of sp³-hybridized carbons (Fsp3) is 0.231. The SMILES string of the molecule is CCC(=O)OC.O=C1CC(c2ccc(OCc3ccccc3)cc2)N1c1ccc(F)cc1. The number of benzene rings is 3. The number of carbonyl (C=O) groups is 2. The molecule has 6 heteroatoms. The number of methoxy groups -OCH3 is 1. The van der Waals surface area contributed by atoms with Crippen LogP contribution in [0.15, 0.2) is 78.9 Å². The van der Waals surface area contributed by atoms with E-state index < -0.39 is 0 Å². The lowest BCUT2D eigenvalue weighted by atomic mass is 9.93. The molecule has 1 aliphatic rings. The second-order valence-electron chi connectivity index (χ2n) is 7.23. The minimum Gasteiger partial charge on any atom is -0.489 e. The molecule has 0 aliphatic carbocycles. The van der Waals surface area contributed by atoms with Gasteiger partial charge in [-0.2, -0.15) is 0 Å². The fourth-order valence-corrected chi connectivity index (χ4v) is 3.28. The van der Waals surface area contributed by atoms with Crippen LogP contribution in [0.25, 0.3) is 0 Å². The lowest BCUT2D eigenvalue weighted by Crippen LogP contribution is -2.46. The smallest absolute Gasteiger partial charge is 0.305 e. The number of rotatable bonds is 6. The van der Waals surface area contributed by atoms with Crippen LogP contribution in [0.5, 0.6) is 5.75 Å². The van der Waals surface area contributed by atoms with E-state index in [1.54, 1.807) is 24.0 Å². The van der Waals surface area contributed by atoms with Crippen LogP contribution < -0.4 is 9.64 Å². The van der Waals surface area contributed by atoms with Crippen LogP contribution in [0.3, 0.4) is 0 Å². The van der Waals surface area contributed by atoms with Gasteiger partial charge >= 0.3 is 5.97 Å². The third-order valence-corrected chi connectivity index (χ3v) is 5.08. The maximum atomic E-state index is 13.1. The lowest BCUT2D eigenvalue weighted by molar-refractivity contribution is -0.140. The molecule has 5 nitrogen and oxygen atoms in total. The third kappa shape index (κ3) is 5.94. The minimum absolute atomic E-state index is 0.0175. The number of nitrogens with zero attached hydrogens (tertiary/aromatic N) is 1. The summed E-state index contributed by atoms with van der Waals surface area (Å²) in [5.74, 6) is 0.371. The van der Waals surface area contributed by atoms with E-state index in [9.17, 15) is 14.0 Å². The highest BCUT2D eigenvalue weighted by Crippen LogP contribution is 2.39. The van der Waals surface area contributed by atoms with Gasteiger partial charge in [-0.3, -0.25) is 9.59 Å². The van der Waals surface area contributed by atoms with E-state index in [2.05, 4.69) is 4.74 Å². The molecule has 1 fully saturated rings. The molecular weight excluding hydrogens is 409 g/mol. The molecule has 0 bridgehead atoms. The van der Waals surface area contributed by atoms with Crippen molar-refractivity contribution in [3.05, 3.63) is 95.8 Å². The number of β-lactam (4-membered cyclic amide) rings is 1. The first-order chi connectivity index (χ1) is 15.5. The number of carbonyl (C=O) groups excluding carboxylic acids is 2. The van der Waals surface area contributed by atoms with Gasteiger partial charge in [-0.05, 0) is 47.5 Å². The van der Waals surface area contributed by atoms with Crippen LogP contribution >= 0.6 is 0 Å². The largest absolute Gasteiger partial charge is 0.489 e. The number of halogens is 1. The first-order valence-corrected chi connectivity index (χ1v) is 10.4. The van der Waals surface area contributed by atoms with E-state index in [-0.39, 0.29) is 23.7 Å². The van der Waals surface area contributed by atoms with Crippen LogP contribution in [0.1, 0.15) is 36.9 Å². The molecule has 1 aliphatic heterocycles. The number of ether oxygens (including phenoxy) is 2. The lowest BCUT2D eigenvalue weighted by Gasteiger charge is -2.40. The van der Waals surface area contributed by atoms with Crippen molar-refractivity contribution >= 4 is 17.6 Å².